The van der Waals surface area contributed by atoms with Crippen LogP contribution in [-0.4, -0.2) is 34.7 Å². The number of aromatic nitrogens is 6. The van der Waals surface area contributed by atoms with Crippen molar-refractivity contribution < 1.29 is 9.66 Å². The van der Waals surface area contributed by atoms with Gasteiger partial charge in [-0.3, -0.25) is 15.2 Å². The first-order valence-electron chi connectivity index (χ1n) is 9.88. The van der Waals surface area contributed by atoms with Gasteiger partial charge in [0.15, 0.2) is 11.5 Å². The van der Waals surface area contributed by atoms with E-state index < -0.39 is 4.92 Å². The number of nitrogens with zero attached hydrogens (tertiary/aromatic N) is 6. The molecule has 1 aliphatic heterocycles. The average molecular weight is 425 g/mol. The molecule has 32 heavy (non-hydrogen) atoms. The molecule has 0 bridgehead atoms. The molecule has 3 aromatic heterocycles. The summed E-state index contributed by atoms with van der Waals surface area (Å²) in [6.07, 6.45) is 1.54. The van der Waals surface area contributed by atoms with Crippen molar-refractivity contribution in [3.05, 3.63) is 93.4 Å². The fourth-order valence-corrected chi connectivity index (χ4v) is 4.10. The van der Waals surface area contributed by atoms with Crippen LogP contribution in [0.2, 0.25) is 0 Å². The monoisotopic (exact) mass is 425 g/mol. The maximum atomic E-state index is 11.0. The van der Waals surface area contributed by atoms with E-state index in [0.717, 1.165) is 22.4 Å². The Kier molecular flexibility index (Phi) is 3.81. The number of hydrogen-bond acceptors (Lipinski definition) is 7. The van der Waals surface area contributed by atoms with Crippen LogP contribution in [0.15, 0.2) is 60.9 Å². The van der Waals surface area contributed by atoms with Gasteiger partial charge in [0, 0.05) is 29.0 Å². The fourth-order valence-electron chi connectivity index (χ4n) is 4.10. The zero-order chi connectivity index (χ0) is 21.8. The Hall–Kier alpha value is -4.60. The molecule has 0 aliphatic carbocycles. The summed E-state index contributed by atoms with van der Waals surface area (Å²) in [6, 6.07) is 16.2. The Balaban J connectivity index is 1.56. The summed E-state index contributed by atoms with van der Waals surface area (Å²) >= 11 is 0. The molecule has 2 aromatic carbocycles. The molecule has 156 valence electrons. The molecule has 0 saturated heterocycles. The van der Waals surface area contributed by atoms with Crippen LogP contribution in [0.5, 0.6) is 11.8 Å². The van der Waals surface area contributed by atoms with Crippen molar-refractivity contribution in [2.24, 2.45) is 0 Å². The van der Waals surface area contributed by atoms with Gasteiger partial charge in [-0.2, -0.15) is 0 Å². The van der Waals surface area contributed by atoms with Gasteiger partial charge in [-0.1, -0.05) is 30.3 Å². The molecular weight excluding hydrogens is 410 g/mol. The standard InChI is InChI=1S/C22H15N7O3/c1-12-16-17(13-5-3-2-4-6-13)18-20-24-19(14-7-9-15(10-8-14)29(30)31)27-28(20)11-23-21(18)32-22(16)26-25-12/h2-11,17H,1H3,(H,25,26)/t17-/m0/s1. The van der Waals surface area contributed by atoms with E-state index in [4.69, 9.17) is 9.72 Å². The van der Waals surface area contributed by atoms with Crippen molar-refractivity contribution in [2.45, 2.75) is 12.8 Å². The minimum atomic E-state index is -0.437. The molecule has 0 saturated carbocycles. The Labute approximate surface area is 180 Å². The molecule has 0 fully saturated rings. The Bertz CT molecular complexity index is 1490. The average Bonchev–Trinajstić information content (AvgIpc) is 3.42. The van der Waals surface area contributed by atoms with Crippen molar-refractivity contribution in [1.29, 1.82) is 0 Å². The smallest absolute Gasteiger partial charge is 0.269 e. The summed E-state index contributed by atoms with van der Waals surface area (Å²) in [5.74, 6) is 1.17. The van der Waals surface area contributed by atoms with Gasteiger partial charge in [-0.05, 0) is 24.6 Å². The van der Waals surface area contributed by atoms with Crippen LogP contribution >= 0.6 is 0 Å². The second-order valence-electron chi connectivity index (χ2n) is 7.48. The molecule has 6 rings (SSSR count). The van der Waals surface area contributed by atoms with Crippen LogP contribution in [0.1, 0.15) is 28.3 Å². The van der Waals surface area contributed by atoms with Crippen LogP contribution < -0.4 is 4.74 Å². The highest BCUT2D eigenvalue weighted by Gasteiger charge is 2.36. The number of fused-ring (bicyclic) bond motifs is 4. The minimum Gasteiger partial charge on any atom is -0.418 e. The van der Waals surface area contributed by atoms with Gasteiger partial charge >= 0.3 is 0 Å². The summed E-state index contributed by atoms with van der Waals surface area (Å²) in [6.45, 7) is 1.95. The highest BCUT2D eigenvalue weighted by molar-refractivity contribution is 5.68. The first-order chi connectivity index (χ1) is 15.6. The lowest BCUT2D eigenvalue weighted by Crippen LogP contribution is -2.15. The summed E-state index contributed by atoms with van der Waals surface area (Å²) in [4.78, 5) is 19.8. The van der Waals surface area contributed by atoms with Crippen LogP contribution in [0, 0.1) is 17.0 Å². The first-order valence-corrected chi connectivity index (χ1v) is 9.88. The number of nitrogens with one attached hydrogen (secondary N) is 1. The fraction of sp³-hybridized carbons (Fsp3) is 0.0909. The zero-order valence-corrected chi connectivity index (χ0v) is 16.8. The minimum absolute atomic E-state index is 0.0112. The number of hydrogen-bond donors (Lipinski definition) is 1. The third-order valence-corrected chi connectivity index (χ3v) is 5.59. The van der Waals surface area contributed by atoms with Gasteiger partial charge < -0.3 is 4.74 Å². The van der Waals surface area contributed by atoms with E-state index >= 15 is 0 Å². The Morgan fingerprint density at radius 1 is 1.06 bits per heavy atom. The second kappa shape index (κ2) is 6.71. The summed E-state index contributed by atoms with van der Waals surface area (Å²) in [5, 5.41) is 22.8. The van der Waals surface area contributed by atoms with Crippen molar-refractivity contribution >= 4 is 11.3 Å². The van der Waals surface area contributed by atoms with E-state index in [9.17, 15) is 10.1 Å². The van der Waals surface area contributed by atoms with Gasteiger partial charge in [0.1, 0.15) is 6.33 Å². The summed E-state index contributed by atoms with van der Waals surface area (Å²) in [7, 11) is 0. The van der Waals surface area contributed by atoms with E-state index in [-0.39, 0.29) is 11.6 Å². The lowest BCUT2D eigenvalue weighted by molar-refractivity contribution is -0.384. The number of benzene rings is 2. The highest BCUT2D eigenvalue weighted by Crippen LogP contribution is 2.48. The van der Waals surface area contributed by atoms with Crippen molar-refractivity contribution in [1.82, 2.24) is 29.8 Å². The maximum absolute atomic E-state index is 11.0. The molecule has 10 nitrogen and oxygen atoms in total. The van der Waals surface area contributed by atoms with Gasteiger partial charge in [0.25, 0.3) is 5.69 Å². The third-order valence-electron chi connectivity index (χ3n) is 5.59. The van der Waals surface area contributed by atoms with Gasteiger partial charge in [-0.25, -0.2) is 14.5 Å². The van der Waals surface area contributed by atoms with Crippen LogP contribution in [0.4, 0.5) is 5.69 Å². The second-order valence-corrected chi connectivity index (χ2v) is 7.48. The molecule has 1 N–H and O–H groups in total. The first kappa shape index (κ1) is 18.2. The number of rotatable bonds is 3. The molecular formula is C22H15N7O3. The van der Waals surface area contributed by atoms with Gasteiger partial charge in [-0.15, -0.1) is 10.2 Å². The number of H-pyrrole nitrogens is 1. The highest BCUT2D eigenvalue weighted by atomic mass is 16.6. The lowest BCUT2D eigenvalue weighted by Gasteiger charge is -2.25. The van der Waals surface area contributed by atoms with Crippen molar-refractivity contribution in [3.63, 3.8) is 0 Å². The zero-order valence-electron chi connectivity index (χ0n) is 16.8. The van der Waals surface area contributed by atoms with E-state index in [1.807, 2.05) is 37.3 Å². The Morgan fingerprint density at radius 3 is 2.59 bits per heavy atom. The molecule has 1 atom stereocenters. The van der Waals surface area contributed by atoms with Gasteiger partial charge in [0.05, 0.1) is 16.4 Å². The maximum Gasteiger partial charge on any atom is 0.269 e. The van der Waals surface area contributed by atoms with E-state index in [1.54, 1.807) is 23.0 Å². The lowest BCUT2D eigenvalue weighted by atomic mass is 9.84. The molecule has 0 unspecified atom stereocenters. The Morgan fingerprint density at radius 2 is 1.84 bits per heavy atom. The number of nitro benzene ring substituents is 1. The third kappa shape index (κ3) is 2.66. The summed E-state index contributed by atoms with van der Waals surface area (Å²) < 4.78 is 7.61. The molecule has 0 radical (unpaired) electrons. The molecule has 4 heterocycles. The summed E-state index contributed by atoms with van der Waals surface area (Å²) in [5.41, 5.74) is 4.95. The topological polar surface area (TPSA) is 124 Å². The van der Waals surface area contributed by atoms with E-state index in [1.165, 1.54) is 12.1 Å². The van der Waals surface area contributed by atoms with Crippen LogP contribution in [0.25, 0.3) is 17.0 Å². The molecule has 10 heteroatoms. The van der Waals surface area contributed by atoms with E-state index in [2.05, 4.69) is 20.3 Å². The number of aromatic amines is 1. The predicted octanol–water partition coefficient (Wildman–Crippen LogP) is 4.02. The number of ether oxygens (including phenoxy) is 1. The number of non-ortho nitro benzene ring substituents is 1. The number of nitro groups is 1. The quantitative estimate of drug-likeness (QED) is 0.335. The van der Waals surface area contributed by atoms with E-state index in [0.29, 0.717) is 28.8 Å². The SMILES string of the molecule is Cc1[nH]nc2c1[C@H](c1ccccc1)c1c(ncn3nc(-c4ccc([N+](=O)[O-])cc4)nc13)O2. The van der Waals surface area contributed by atoms with Crippen LogP contribution in [-0.2, 0) is 0 Å². The van der Waals surface area contributed by atoms with Crippen molar-refractivity contribution in [3.8, 4) is 23.1 Å². The molecule has 0 amide bonds. The largest absolute Gasteiger partial charge is 0.418 e. The van der Waals surface area contributed by atoms with Gasteiger partial charge in [0.2, 0.25) is 11.8 Å². The predicted molar refractivity (Wildman–Crippen MR) is 114 cm³/mol. The molecule has 0 spiro atoms. The van der Waals surface area contributed by atoms with Crippen LogP contribution in [0.3, 0.4) is 0 Å². The molecule has 1 aliphatic rings. The number of aryl methyl sites for hydroxylation is 1. The molecule has 5 aromatic rings. The van der Waals surface area contributed by atoms with Crippen molar-refractivity contribution in [2.75, 3.05) is 0 Å². The normalized spacial score (nSPS) is 14.6.